The predicted octanol–water partition coefficient (Wildman–Crippen LogP) is 3.05. The van der Waals surface area contributed by atoms with Crippen LogP contribution in [0.5, 0.6) is 11.5 Å². The van der Waals surface area contributed by atoms with Gasteiger partial charge in [0.25, 0.3) is 0 Å². The van der Waals surface area contributed by atoms with Gasteiger partial charge in [-0.2, -0.15) is 0 Å². The van der Waals surface area contributed by atoms with E-state index in [0.29, 0.717) is 12.4 Å². The molecule has 2 unspecified atom stereocenters. The topological polar surface area (TPSA) is 59.6 Å². The van der Waals surface area contributed by atoms with Crippen molar-refractivity contribution < 1.29 is 14.3 Å². The molecule has 0 spiro atoms. The minimum Gasteiger partial charge on any atom is -0.493 e. The molecule has 1 aliphatic rings. The third-order valence-corrected chi connectivity index (χ3v) is 4.48. The van der Waals surface area contributed by atoms with Crippen molar-refractivity contribution in [2.24, 2.45) is 5.92 Å². The molecule has 1 saturated heterocycles. The zero-order chi connectivity index (χ0) is 17.4. The van der Waals surface area contributed by atoms with E-state index in [1.165, 1.54) is 12.8 Å². The van der Waals surface area contributed by atoms with E-state index in [1.54, 1.807) is 7.11 Å². The predicted molar refractivity (Wildman–Crippen MR) is 95.5 cm³/mol. The van der Waals surface area contributed by atoms with Crippen molar-refractivity contribution in [1.82, 2.24) is 10.6 Å². The smallest absolute Gasteiger partial charge is 0.224 e. The van der Waals surface area contributed by atoms with Gasteiger partial charge in [0.05, 0.1) is 25.7 Å². The molecule has 5 nitrogen and oxygen atoms in total. The summed E-state index contributed by atoms with van der Waals surface area (Å²) in [7, 11) is 1.64. The van der Waals surface area contributed by atoms with Gasteiger partial charge in [0, 0.05) is 6.54 Å². The molecule has 134 valence electrons. The van der Waals surface area contributed by atoms with Crippen LogP contribution in [0.25, 0.3) is 0 Å². The zero-order valence-corrected chi connectivity index (χ0v) is 15.1. The number of unbranched alkanes of at least 4 members (excludes halogenated alkanes) is 2. The molecule has 1 heterocycles. The summed E-state index contributed by atoms with van der Waals surface area (Å²) in [5.74, 6) is 1.67. The summed E-state index contributed by atoms with van der Waals surface area (Å²) in [5, 5.41) is 6.32. The van der Waals surface area contributed by atoms with Crippen molar-refractivity contribution in [3.63, 3.8) is 0 Å². The molecule has 0 aliphatic carbocycles. The van der Waals surface area contributed by atoms with Gasteiger partial charge in [-0.05, 0) is 44.0 Å². The molecule has 1 aromatic rings. The summed E-state index contributed by atoms with van der Waals surface area (Å²) in [6, 6.07) is 5.82. The van der Waals surface area contributed by atoms with E-state index < -0.39 is 0 Å². The van der Waals surface area contributed by atoms with Crippen molar-refractivity contribution in [2.75, 3.05) is 26.8 Å². The largest absolute Gasteiger partial charge is 0.493 e. The summed E-state index contributed by atoms with van der Waals surface area (Å²) < 4.78 is 11.3. The Hall–Kier alpha value is -1.75. The summed E-state index contributed by atoms with van der Waals surface area (Å²) in [6.07, 6.45) is 4.29. The van der Waals surface area contributed by atoms with E-state index in [0.717, 1.165) is 37.2 Å². The number of ether oxygens (including phenoxy) is 2. The third-order valence-electron chi connectivity index (χ3n) is 4.48. The molecule has 0 aromatic heterocycles. The quantitative estimate of drug-likeness (QED) is 0.682. The fourth-order valence-electron chi connectivity index (χ4n) is 2.90. The monoisotopic (exact) mass is 334 g/mol. The number of rotatable bonds is 9. The van der Waals surface area contributed by atoms with E-state index >= 15 is 0 Å². The highest BCUT2D eigenvalue weighted by Crippen LogP contribution is 2.30. The number of nitrogens with one attached hydrogen (secondary N) is 2. The van der Waals surface area contributed by atoms with Crippen LogP contribution in [0.15, 0.2) is 18.2 Å². The van der Waals surface area contributed by atoms with Crippen molar-refractivity contribution in [1.29, 1.82) is 0 Å². The molecule has 24 heavy (non-hydrogen) atoms. The second kappa shape index (κ2) is 9.52. The molecule has 0 bridgehead atoms. The van der Waals surface area contributed by atoms with Crippen LogP contribution >= 0.6 is 0 Å². The zero-order valence-electron chi connectivity index (χ0n) is 15.1. The normalized spacial score (nSPS) is 18.2. The van der Waals surface area contributed by atoms with Crippen LogP contribution < -0.4 is 20.1 Å². The maximum absolute atomic E-state index is 12.2. The van der Waals surface area contributed by atoms with E-state index in [1.807, 2.05) is 25.1 Å². The van der Waals surface area contributed by atoms with Crippen LogP contribution in [0.4, 0.5) is 0 Å². The Morgan fingerprint density at radius 2 is 2.21 bits per heavy atom. The van der Waals surface area contributed by atoms with Crippen molar-refractivity contribution in [3.8, 4) is 11.5 Å². The number of amides is 1. The minimum atomic E-state index is -0.0545. The minimum absolute atomic E-state index is 0.0545. The molecule has 2 N–H and O–H groups in total. The summed E-state index contributed by atoms with van der Waals surface area (Å²) in [5.41, 5.74) is 1.02. The van der Waals surface area contributed by atoms with Gasteiger partial charge < -0.3 is 20.1 Å². The SMILES string of the molecule is CCCCCOc1ccc(C(C)NC(=O)C2CCNC2)cc1OC. The first kappa shape index (κ1) is 18.6. The van der Waals surface area contributed by atoms with E-state index in [9.17, 15) is 4.79 Å². The van der Waals surface area contributed by atoms with Crippen molar-refractivity contribution in [3.05, 3.63) is 23.8 Å². The van der Waals surface area contributed by atoms with Gasteiger partial charge >= 0.3 is 0 Å². The Balaban J connectivity index is 1.95. The Morgan fingerprint density at radius 1 is 1.38 bits per heavy atom. The van der Waals surface area contributed by atoms with Crippen molar-refractivity contribution >= 4 is 5.91 Å². The molecular formula is C19H30N2O3. The van der Waals surface area contributed by atoms with Gasteiger partial charge in [0.15, 0.2) is 11.5 Å². The van der Waals surface area contributed by atoms with E-state index in [4.69, 9.17) is 9.47 Å². The highest BCUT2D eigenvalue weighted by molar-refractivity contribution is 5.79. The molecule has 1 amide bonds. The van der Waals surface area contributed by atoms with Crippen LogP contribution in [-0.4, -0.2) is 32.7 Å². The fraction of sp³-hybridized carbons (Fsp3) is 0.632. The van der Waals surface area contributed by atoms with E-state index in [-0.39, 0.29) is 17.9 Å². The fourth-order valence-corrected chi connectivity index (χ4v) is 2.90. The molecule has 0 saturated carbocycles. The van der Waals surface area contributed by atoms with Gasteiger partial charge in [-0.3, -0.25) is 4.79 Å². The van der Waals surface area contributed by atoms with Gasteiger partial charge in [-0.15, -0.1) is 0 Å². The molecule has 1 aliphatic heterocycles. The molecule has 5 heteroatoms. The molecular weight excluding hydrogens is 304 g/mol. The Labute approximate surface area is 145 Å². The van der Waals surface area contributed by atoms with E-state index in [2.05, 4.69) is 17.6 Å². The Morgan fingerprint density at radius 3 is 2.88 bits per heavy atom. The third kappa shape index (κ3) is 5.13. The van der Waals surface area contributed by atoms with Crippen LogP contribution in [0.2, 0.25) is 0 Å². The first-order valence-electron chi connectivity index (χ1n) is 8.97. The maximum atomic E-state index is 12.2. The number of methoxy groups -OCH3 is 1. The highest BCUT2D eigenvalue weighted by Gasteiger charge is 2.24. The van der Waals surface area contributed by atoms with Crippen molar-refractivity contribution in [2.45, 2.75) is 45.6 Å². The lowest BCUT2D eigenvalue weighted by molar-refractivity contribution is -0.125. The average Bonchev–Trinajstić information content (AvgIpc) is 3.13. The van der Waals surface area contributed by atoms with Gasteiger partial charge in [0.1, 0.15) is 0 Å². The summed E-state index contributed by atoms with van der Waals surface area (Å²) in [6.45, 7) is 6.56. The molecule has 1 aromatic carbocycles. The van der Waals surface area contributed by atoms with Crippen LogP contribution in [0, 0.1) is 5.92 Å². The highest BCUT2D eigenvalue weighted by atomic mass is 16.5. The molecule has 1 fully saturated rings. The van der Waals surface area contributed by atoms with Crippen LogP contribution in [0.3, 0.4) is 0 Å². The maximum Gasteiger partial charge on any atom is 0.224 e. The molecule has 0 radical (unpaired) electrons. The second-order valence-electron chi connectivity index (χ2n) is 6.39. The Kier molecular flexibility index (Phi) is 7.37. The van der Waals surface area contributed by atoms with Gasteiger partial charge in [-0.25, -0.2) is 0 Å². The first-order valence-corrected chi connectivity index (χ1v) is 8.97. The number of hydrogen-bond acceptors (Lipinski definition) is 4. The standard InChI is InChI=1S/C19H30N2O3/c1-4-5-6-11-24-17-8-7-15(12-18(17)23-3)14(2)21-19(22)16-9-10-20-13-16/h7-8,12,14,16,20H,4-6,9-11,13H2,1-3H3,(H,21,22). The Bertz CT molecular complexity index is 527. The summed E-state index contributed by atoms with van der Waals surface area (Å²) in [4.78, 5) is 12.2. The number of carbonyl (C=O) groups is 1. The molecule has 2 atom stereocenters. The first-order chi connectivity index (χ1) is 11.7. The van der Waals surface area contributed by atoms with Crippen LogP contribution in [-0.2, 0) is 4.79 Å². The average molecular weight is 334 g/mol. The molecule has 2 rings (SSSR count). The lowest BCUT2D eigenvalue weighted by atomic mass is 10.0. The lowest BCUT2D eigenvalue weighted by Crippen LogP contribution is -2.33. The number of benzene rings is 1. The van der Waals surface area contributed by atoms with Gasteiger partial charge in [-0.1, -0.05) is 25.8 Å². The summed E-state index contributed by atoms with van der Waals surface area (Å²) >= 11 is 0. The number of hydrogen-bond donors (Lipinski definition) is 2. The second-order valence-corrected chi connectivity index (χ2v) is 6.39. The lowest BCUT2D eigenvalue weighted by Gasteiger charge is -2.19. The van der Waals surface area contributed by atoms with Crippen LogP contribution in [0.1, 0.15) is 51.1 Å². The number of carbonyl (C=O) groups excluding carboxylic acids is 1. The van der Waals surface area contributed by atoms with Gasteiger partial charge in [0.2, 0.25) is 5.91 Å².